The Labute approximate surface area is 535 Å². The number of unbranched alkanes of at least 4 members (excludes halogenated alkanes) is 8. The number of amides is 2. The molecule has 1 aliphatic rings. The summed E-state index contributed by atoms with van der Waals surface area (Å²) < 4.78 is 86.6. The summed E-state index contributed by atoms with van der Waals surface area (Å²) >= 11 is 0. The first-order chi connectivity index (χ1) is 42.8. The molecule has 1 heterocycles. The molecule has 1 aliphatic heterocycles. The van der Waals surface area contributed by atoms with E-state index in [1.165, 1.54) is 25.1 Å². The number of carbonyl (C=O) groups is 3. The SMILES string of the molecule is CC(=O)OCc1cc([C@@H](O)CNCCCCCCOCCCCc2cccc(S(=O)(=O)NCC(N)=O)c2)ccc1O.CC1(C)OCc2cc([C@@H](O)CNCCCCCCOCCCCc3cccc(S(=O)(=O)C(NCOCC[Si](C)(C)C)C(N)=O)c3)ccc2O1. The van der Waals surface area contributed by atoms with Gasteiger partial charge in [0.1, 0.15) is 18.1 Å². The van der Waals surface area contributed by atoms with Gasteiger partial charge in [-0.2, -0.15) is 0 Å². The highest BCUT2D eigenvalue weighted by Crippen LogP contribution is 2.33. The van der Waals surface area contributed by atoms with Gasteiger partial charge in [0.25, 0.3) is 5.91 Å². The third-order valence-electron chi connectivity index (χ3n) is 14.6. The van der Waals surface area contributed by atoms with Gasteiger partial charge in [-0.15, -0.1) is 0 Å². The Balaban J connectivity index is 0.000000391. The molecule has 0 radical (unpaired) electrons. The van der Waals surface area contributed by atoms with Crippen LogP contribution in [0.5, 0.6) is 11.5 Å². The highest BCUT2D eigenvalue weighted by Gasteiger charge is 2.33. The van der Waals surface area contributed by atoms with Gasteiger partial charge in [0.05, 0.1) is 41.9 Å². The largest absolute Gasteiger partial charge is 0.508 e. The first-order valence-electron chi connectivity index (χ1n) is 31.4. The van der Waals surface area contributed by atoms with Crippen molar-refractivity contribution in [3.8, 4) is 11.5 Å². The molecule has 4 aromatic carbocycles. The van der Waals surface area contributed by atoms with Gasteiger partial charge in [0.2, 0.25) is 31.6 Å². The van der Waals surface area contributed by atoms with Crippen molar-refractivity contribution in [1.29, 1.82) is 0 Å². The maximum Gasteiger partial charge on any atom is 0.302 e. The number of aliphatic hydroxyl groups is 2. The molecule has 0 fully saturated rings. The molecule has 1 unspecified atom stereocenters. The molecule has 0 spiro atoms. The summed E-state index contributed by atoms with van der Waals surface area (Å²) in [6.07, 6.45) is 11.8. The van der Waals surface area contributed by atoms with Crippen molar-refractivity contribution in [3.63, 3.8) is 0 Å². The standard InChI is InChI=1S/C36H59N3O8SSi.C29H43N3O8S/c1-36(2)46-26-30-24-29(16-17-33(30)47-36)32(40)25-38-18-9-6-7-10-19-44-20-11-8-13-28-14-12-15-31(23-28)48(42,43)35(34(37)41)39-27-45-21-22-49(3,4)5;1-22(33)40-21-25-18-24(12-13-27(25)34)28(35)19-31-14-5-2-3-6-15-39-16-7-4-9-23-10-8-11-26(17-23)41(37,38)32-20-29(30)36/h12,14-17,23-24,32,35,38-40H,6-11,13,18-22,25-27H2,1-5H3,(H2,37,41);8,10-13,17-18,28,31-32,34-35H,2-7,9,14-16,19-21H2,1H3,(H2,30,36)/t32-,35?;28-/m00/s1. The van der Waals surface area contributed by atoms with E-state index in [4.69, 9.17) is 39.9 Å². The van der Waals surface area contributed by atoms with Gasteiger partial charge in [-0.25, -0.2) is 21.6 Å². The number of esters is 1. The third-order valence-corrected chi connectivity index (χ3v) is 19.6. The first kappa shape index (κ1) is 77.1. The molecular weight excluding hydrogens is 1210 g/mol. The maximum atomic E-state index is 13.2. The molecule has 2 amide bonds. The zero-order chi connectivity index (χ0) is 66.0. The summed E-state index contributed by atoms with van der Waals surface area (Å²) in [5, 5.41) is 38.6. The molecular formula is C65H102N6O16S2Si. The smallest absolute Gasteiger partial charge is 0.302 e. The lowest BCUT2D eigenvalue weighted by Crippen LogP contribution is -2.47. The predicted molar refractivity (Wildman–Crippen MR) is 349 cm³/mol. The fraction of sp³-hybridized carbons (Fsp3) is 0.585. The lowest BCUT2D eigenvalue weighted by atomic mass is 10.0. The molecule has 504 valence electrons. The molecule has 3 atom stereocenters. The fourth-order valence-corrected chi connectivity index (χ4v) is 12.6. The van der Waals surface area contributed by atoms with Crippen molar-refractivity contribution in [2.24, 2.45) is 11.5 Å². The molecule has 0 saturated carbocycles. The number of carbonyl (C=O) groups excluding carboxylic acids is 3. The number of fused-ring (bicyclic) bond motifs is 1. The Bertz CT molecular complexity index is 3020. The van der Waals surface area contributed by atoms with E-state index in [9.17, 15) is 46.5 Å². The molecule has 11 N–H and O–H groups in total. The second-order valence-electron chi connectivity index (χ2n) is 24.2. The summed E-state index contributed by atoms with van der Waals surface area (Å²) in [5.74, 6) is -1.94. The van der Waals surface area contributed by atoms with Gasteiger partial charge in [-0.05, 0) is 154 Å². The zero-order valence-electron chi connectivity index (χ0n) is 53.7. The van der Waals surface area contributed by atoms with Crippen molar-refractivity contribution in [1.82, 2.24) is 20.7 Å². The lowest BCUT2D eigenvalue weighted by molar-refractivity contribution is -0.180. The molecule has 0 bridgehead atoms. The summed E-state index contributed by atoms with van der Waals surface area (Å²) in [6, 6.07) is 24.8. The average Bonchev–Trinajstić information content (AvgIpc) is 0.918. The van der Waals surface area contributed by atoms with Gasteiger partial charge in [0, 0.05) is 86.1 Å². The van der Waals surface area contributed by atoms with Gasteiger partial charge in [0.15, 0.2) is 5.37 Å². The van der Waals surface area contributed by atoms with Crippen molar-refractivity contribution < 1.29 is 75.0 Å². The Morgan fingerprint density at radius 3 is 1.76 bits per heavy atom. The Morgan fingerprint density at radius 2 is 1.20 bits per heavy atom. The number of aryl methyl sites for hydroxylation is 2. The maximum absolute atomic E-state index is 13.2. The molecule has 22 nitrogen and oxygen atoms in total. The quantitative estimate of drug-likeness (QED) is 0.00896. The normalized spacial score (nSPS) is 14.1. The minimum absolute atomic E-state index is 0.0217. The minimum atomic E-state index is -4.02. The van der Waals surface area contributed by atoms with Gasteiger partial charge in [-0.3, -0.25) is 19.7 Å². The number of phenolic OH excluding ortho intramolecular Hbond substituents is 1. The Morgan fingerprint density at radius 1 is 0.667 bits per heavy atom. The minimum Gasteiger partial charge on any atom is -0.508 e. The van der Waals surface area contributed by atoms with Crippen LogP contribution in [0.2, 0.25) is 25.7 Å². The number of aliphatic hydroxyl groups excluding tert-OH is 2. The second-order valence-corrected chi connectivity index (χ2v) is 33.6. The number of rotatable bonds is 45. The van der Waals surface area contributed by atoms with Crippen LogP contribution in [0.15, 0.2) is 94.7 Å². The molecule has 5 rings (SSSR count). The molecule has 25 heteroatoms. The van der Waals surface area contributed by atoms with Crippen LogP contribution in [-0.2, 0) is 84.0 Å². The van der Waals surface area contributed by atoms with Crippen LogP contribution in [0.1, 0.15) is 143 Å². The predicted octanol–water partition coefficient (Wildman–Crippen LogP) is 7.48. The lowest BCUT2D eigenvalue weighted by Gasteiger charge is -2.33. The van der Waals surface area contributed by atoms with Crippen LogP contribution in [0.25, 0.3) is 0 Å². The number of hydrogen-bond acceptors (Lipinski definition) is 19. The van der Waals surface area contributed by atoms with Crippen LogP contribution in [0.3, 0.4) is 0 Å². The number of ether oxygens (including phenoxy) is 6. The Hall–Kier alpha value is -5.39. The molecule has 0 saturated heterocycles. The number of sulfone groups is 1. The third kappa shape index (κ3) is 30.8. The highest BCUT2D eigenvalue weighted by atomic mass is 32.2. The number of nitrogens with two attached hydrogens (primary N) is 2. The first-order valence-corrected chi connectivity index (χ1v) is 38.1. The number of aromatic hydroxyl groups is 1. The summed E-state index contributed by atoms with van der Waals surface area (Å²) in [5.41, 5.74) is 15.2. The van der Waals surface area contributed by atoms with Gasteiger partial charge in [-0.1, -0.05) is 81.7 Å². The number of nitrogens with one attached hydrogen (secondary N) is 4. The summed E-state index contributed by atoms with van der Waals surface area (Å²) in [6.45, 7) is 17.4. The highest BCUT2D eigenvalue weighted by molar-refractivity contribution is 7.92. The van der Waals surface area contributed by atoms with Crippen LogP contribution in [0, 0.1) is 0 Å². The number of sulfonamides is 1. The summed E-state index contributed by atoms with van der Waals surface area (Å²) in [7, 11) is -9.07. The van der Waals surface area contributed by atoms with Crippen molar-refractivity contribution in [2.45, 2.75) is 183 Å². The fourth-order valence-electron chi connectivity index (χ4n) is 9.35. The van der Waals surface area contributed by atoms with Gasteiger partial charge < -0.3 is 65.8 Å². The Kier molecular flexibility index (Phi) is 34.7. The van der Waals surface area contributed by atoms with Crippen molar-refractivity contribution in [3.05, 3.63) is 118 Å². The summed E-state index contributed by atoms with van der Waals surface area (Å²) in [4.78, 5) is 34.1. The average molecular weight is 1320 g/mol. The van der Waals surface area contributed by atoms with E-state index < -0.39 is 75.6 Å². The van der Waals surface area contributed by atoms with E-state index in [1.807, 2.05) is 44.2 Å². The monoisotopic (exact) mass is 1310 g/mol. The van der Waals surface area contributed by atoms with Gasteiger partial charge >= 0.3 is 5.97 Å². The number of benzene rings is 4. The zero-order valence-corrected chi connectivity index (χ0v) is 56.4. The van der Waals surface area contributed by atoms with Crippen molar-refractivity contribution >= 4 is 45.7 Å². The van der Waals surface area contributed by atoms with Crippen LogP contribution in [-0.4, -0.2) is 142 Å². The number of primary amides is 2. The van der Waals surface area contributed by atoms with Crippen molar-refractivity contribution in [2.75, 3.05) is 72.5 Å². The van der Waals surface area contributed by atoms with E-state index in [0.29, 0.717) is 70.3 Å². The van der Waals surface area contributed by atoms with E-state index >= 15 is 0 Å². The van der Waals surface area contributed by atoms with Crippen LogP contribution >= 0.6 is 0 Å². The van der Waals surface area contributed by atoms with Crippen LogP contribution in [0.4, 0.5) is 0 Å². The second kappa shape index (κ2) is 40.6. The number of hydrogen-bond donors (Lipinski definition) is 9. The van der Waals surface area contributed by atoms with Crippen LogP contribution < -0.4 is 36.9 Å². The molecule has 4 aromatic rings. The van der Waals surface area contributed by atoms with E-state index in [2.05, 4.69) is 40.3 Å². The van der Waals surface area contributed by atoms with E-state index in [1.54, 1.807) is 36.4 Å². The molecule has 90 heavy (non-hydrogen) atoms. The van der Waals surface area contributed by atoms with E-state index in [-0.39, 0.29) is 28.9 Å². The molecule has 0 aromatic heterocycles. The molecule has 0 aliphatic carbocycles. The number of phenols is 1. The topological polar surface area (TPSA) is 336 Å². The van der Waals surface area contributed by atoms with E-state index in [0.717, 1.165) is 131 Å².